The molecule has 84 valence electrons. The number of ether oxygens (including phenoxy) is 1. The predicted molar refractivity (Wildman–Crippen MR) is 53.8 cm³/mol. The van der Waals surface area contributed by atoms with Gasteiger partial charge in [0.25, 0.3) is 0 Å². The van der Waals surface area contributed by atoms with Crippen molar-refractivity contribution in [2.75, 3.05) is 6.61 Å². The topological polar surface area (TPSA) is 61.7 Å². The van der Waals surface area contributed by atoms with E-state index < -0.39 is 12.2 Å². The molecule has 1 heterocycles. The molecular formula is C10H21NO3. The van der Waals surface area contributed by atoms with Gasteiger partial charge >= 0.3 is 0 Å². The van der Waals surface area contributed by atoms with Gasteiger partial charge in [-0.15, -0.1) is 0 Å². The molecule has 4 heteroatoms. The summed E-state index contributed by atoms with van der Waals surface area (Å²) in [5.74, 6) is -0.149. The van der Waals surface area contributed by atoms with E-state index in [9.17, 15) is 10.2 Å². The lowest BCUT2D eigenvalue weighted by Gasteiger charge is -2.39. The van der Waals surface area contributed by atoms with Crippen LogP contribution in [0.1, 0.15) is 27.7 Å². The molecule has 1 rings (SSSR count). The van der Waals surface area contributed by atoms with Gasteiger partial charge in [0, 0.05) is 11.5 Å². The van der Waals surface area contributed by atoms with Gasteiger partial charge in [-0.05, 0) is 20.8 Å². The Kier molecular flexibility index (Phi) is 3.53. The molecule has 1 unspecified atom stereocenters. The van der Waals surface area contributed by atoms with Gasteiger partial charge in [-0.3, -0.25) is 5.32 Å². The van der Waals surface area contributed by atoms with E-state index in [1.165, 1.54) is 0 Å². The number of hydrogen-bond donors (Lipinski definition) is 3. The number of rotatable bonds is 1. The molecular weight excluding hydrogens is 182 g/mol. The third-order valence-electron chi connectivity index (χ3n) is 2.48. The molecule has 1 saturated heterocycles. The van der Waals surface area contributed by atoms with Crippen LogP contribution in [-0.2, 0) is 4.74 Å². The highest BCUT2D eigenvalue weighted by Crippen LogP contribution is 2.21. The summed E-state index contributed by atoms with van der Waals surface area (Å²) in [4.78, 5) is 0. The van der Waals surface area contributed by atoms with Crippen molar-refractivity contribution in [3.8, 4) is 0 Å². The average Bonchev–Trinajstić information content (AvgIpc) is 2.04. The molecule has 0 amide bonds. The molecule has 0 radical (unpaired) electrons. The van der Waals surface area contributed by atoms with Gasteiger partial charge in [-0.1, -0.05) is 6.92 Å². The zero-order chi connectivity index (χ0) is 10.9. The third kappa shape index (κ3) is 2.92. The van der Waals surface area contributed by atoms with Gasteiger partial charge in [0.05, 0.1) is 18.8 Å². The Morgan fingerprint density at radius 3 is 2.36 bits per heavy atom. The van der Waals surface area contributed by atoms with Crippen LogP contribution < -0.4 is 5.32 Å². The molecule has 14 heavy (non-hydrogen) atoms. The Hall–Kier alpha value is -0.160. The fourth-order valence-electron chi connectivity index (χ4n) is 1.51. The maximum atomic E-state index is 9.82. The first-order valence-corrected chi connectivity index (χ1v) is 5.07. The summed E-state index contributed by atoms with van der Waals surface area (Å²) in [6.07, 6.45) is -1.60. The van der Waals surface area contributed by atoms with Crippen LogP contribution in [0.2, 0.25) is 0 Å². The van der Waals surface area contributed by atoms with Gasteiger partial charge in [-0.25, -0.2) is 0 Å². The number of nitrogens with one attached hydrogen (secondary N) is 1. The van der Waals surface area contributed by atoms with E-state index in [2.05, 4.69) is 5.32 Å². The van der Waals surface area contributed by atoms with E-state index in [1.807, 2.05) is 27.7 Å². The first kappa shape index (κ1) is 11.9. The SMILES string of the molecule is C[C@H]1[C@H](O)COC(NC(C)(C)C)[C@@H]1O. The van der Waals surface area contributed by atoms with Crippen molar-refractivity contribution < 1.29 is 14.9 Å². The minimum absolute atomic E-state index is 0.104. The summed E-state index contributed by atoms with van der Waals surface area (Å²) < 4.78 is 5.34. The second kappa shape index (κ2) is 4.14. The summed E-state index contributed by atoms with van der Waals surface area (Å²) in [6, 6.07) is 0. The Balaban J connectivity index is 2.55. The van der Waals surface area contributed by atoms with Crippen molar-refractivity contribution in [2.24, 2.45) is 5.92 Å². The summed E-state index contributed by atoms with van der Waals surface area (Å²) in [6.45, 7) is 8.15. The van der Waals surface area contributed by atoms with Crippen LogP contribution in [0.15, 0.2) is 0 Å². The van der Waals surface area contributed by atoms with Crippen LogP contribution in [0.5, 0.6) is 0 Å². The monoisotopic (exact) mass is 203 g/mol. The smallest absolute Gasteiger partial charge is 0.135 e. The molecule has 0 aliphatic carbocycles. The highest BCUT2D eigenvalue weighted by atomic mass is 16.5. The van der Waals surface area contributed by atoms with Crippen molar-refractivity contribution in [1.29, 1.82) is 0 Å². The Labute approximate surface area is 85.3 Å². The van der Waals surface area contributed by atoms with E-state index >= 15 is 0 Å². The van der Waals surface area contributed by atoms with E-state index in [0.29, 0.717) is 0 Å². The largest absolute Gasteiger partial charge is 0.390 e. The first-order valence-electron chi connectivity index (χ1n) is 5.07. The quantitative estimate of drug-likeness (QED) is 0.565. The van der Waals surface area contributed by atoms with Gasteiger partial charge in [-0.2, -0.15) is 0 Å². The molecule has 0 bridgehead atoms. The second-order valence-corrected chi connectivity index (χ2v) is 5.07. The molecule has 3 N–H and O–H groups in total. The molecule has 0 aromatic carbocycles. The van der Waals surface area contributed by atoms with E-state index in [0.717, 1.165) is 0 Å². The van der Waals surface area contributed by atoms with E-state index in [4.69, 9.17) is 4.74 Å². The first-order chi connectivity index (χ1) is 6.31. The standard InChI is InChI=1S/C10H21NO3/c1-6-7(12)5-14-9(8(6)13)11-10(2,3)4/h6-9,11-13H,5H2,1-4H3/t6-,7+,8+,9?/m0/s1. The molecule has 1 fully saturated rings. The zero-order valence-electron chi connectivity index (χ0n) is 9.32. The summed E-state index contributed by atoms with van der Waals surface area (Å²) in [5.41, 5.74) is -0.104. The molecule has 0 saturated carbocycles. The minimum Gasteiger partial charge on any atom is -0.390 e. The normalized spacial score (nSPS) is 39.9. The van der Waals surface area contributed by atoms with Gasteiger partial charge < -0.3 is 14.9 Å². The highest BCUT2D eigenvalue weighted by Gasteiger charge is 2.37. The number of hydrogen-bond acceptors (Lipinski definition) is 4. The maximum absolute atomic E-state index is 9.82. The lowest BCUT2D eigenvalue weighted by atomic mass is 9.93. The van der Waals surface area contributed by atoms with Crippen molar-refractivity contribution >= 4 is 0 Å². The molecule has 1 aliphatic heterocycles. The maximum Gasteiger partial charge on any atom is 0.135 e. The van der Waals surface area contributed by atoms with Crippen LogP contribution >= 0.6 is 0 Å². The number of aliphatic hydroxyl groups is 2. The molecule has 0 aromatic heterocycles. The van der Waals surface area contributed by atoms with Gasteiger partial charge in [0.2, 0.25) is 0 Å². The second-order valence-electron chi connectivity index (χ2n) is 5.07. The molecule has 4 nitrogen and oxygen atoms in total. The van der Waals surface area contributed by atoms with E-state index in [1.54, 1.807) is 0 Å². The van der Waals surface area contributed by atoms with Gasteiger partial charge in [0.1, 0.15) is 6.23 Å². The zero-order valence-corrected chi connectivity index (χ0v) is 9.32. The molecule has 0 aromatic rings. The van der Waals surface area contributed by atoms with Crippen LogP contribution in [0.25, 0.3) is 0 Å². The fourth-order valence-corrected chi connectivity index (χ4v) is 1.51. The van der Waals surface area contributed by atoms with Crippen LogP contribution in [0.4, 0.5) is 0 Å². The van der Waals surface area contributed by atoms with E-state index in [-0.39, 0.29) is 24.3 Å². The number of aliphatic hydroxyl groups excluding tert-OH is 2. The summed E-state index contributed by atoms with van der Waals surface area (Å²) >= 11 is 0. The predicted octanol–water partition coefficient (Wildman–Crippen LogP) is 0.0887. The van der Waals surface area contributed by atoms with Crippen molar-refractivity contribution in [3.63, 3.8) is 0 Å². The summed E-state index contributed by atoms with van der Waals surface area (Å²) in [7, 11) is 0. The van der Waals surface area contributed by atoms with Crippen LogP contribution in [-0.4, -0.2) is 40.8 Å². The highest BCUT2D eigenvalue weighted by molar-refractivity contribution is 4.86. The average molecular weight is 203 g/mol. The minimum atomic E-state index is -0.655. The van der Waals surface area contributed by atoms with Crippen molar-refractivity contribution in [3.05, 3.63) is 0 Å². The van der Waals surface area contributed by atoms with Crippen molar-refractivity contribution in [1.82, 2.24) is 5.32 Å². The lowest BCUT2D eigenvalue weighted by molar-refractivity contribution is -0.170. The Morgan fingerprint density at radius 2 is 1.86 bits per heavy atom. The summed E-state index contributed by atoms with van der Waals surface area (Å²) in [5, 5.41) is 22.5. The Morgan fingerprint density at radius 1 is 1.29 bits per heavy atom. The lowest BCUT2D eigenvalue weighted by Crippen LogP contribution is -2.58. The van der Waals surface area contributed by atoms with Crippen molar-refractivity contribution in [2.45, 2.75) is 51.7 Å². The molecule has 1 aliphatic rings. The Bertz CT molecular complexity index is 190. The molecule has 0 spiro atoms. The van der Waals surface area contributed by atoms with Crippen LogP contribution in [0, 0.1) is 5.92 Å². The fraction of sp³-hybridized carbons (Fsp3) is 1.00. The van der Waals surface area contributed by atoms with Gasteiger partial charge in [0.15, 0.2) is 0 Å². The third-order valence-corrected chi connectivity index (χ3v) is 2.48. The van der Waals surface area contributed by atoms with Crippen LogP contribution in [0.3, 0.4) is 0 Å². The molecule has 4 atom stereocenters.